The molecular weight excluding hydrogens is 328 g/mol. The minimum absolute atomic E-state index is 0.107. The Balaban J connectivity index is 2.24. The fourth-order valence-corrected chi connectivity index (χ4v) is 2.76. The summed E-state index contributed by atoms with van der Waals surface area (Å²) in [6.07, 6.45) is 0.359. The van der Waals surface area contributed by atoms with Crippen LogP contribution in [0, 0.1) is 0 Å². The number of nitrogens with zero attached hydrogens (tertiary/aromatic N) is 1. The molecular formula is C21H26N2O3. The van der Waals surface area contributed by atoms with Crippen LogP contribution in [0.25, 0.3) is 0 Å². The third-order valence-corrected chi connectivity index (χ3v) is 4.28. The molecule has 0 aliphatic rings. The van der Waals surface area contributed by atoms with E-state index in [-0.39, 0.29) is 6.61 Å². The lowest BCUT2D eigenvalue weighted by molar-refractivity contribution is -0.133. The second kappa shape index (κ2) is 9.73. The Bertz CT molecular complexity index is 704. The van der Waals surface area contributed by atoms with E-state index in [1.165, 1.54) is 4.90 Å². The molecule has 1 unspecified atom stereocenters. The van der Waals surface area contributed by atoms with Crippen LogP contribution in [-0.4, -0.2) is 22.9 Å². The Morgan fingerprint density at radius 2 is 1.54 bits per heavy atom. The smallest absolute Gasteiger partial charge is 0.417 e. The lowest BCUT2D eigenvalue weighted by atomic mass is 10.0. The number of hydrogen-bond donors (Lipinski definition) is 1. The van der Waals surface area contributed by atoms with E-state index in [2.05, 4.69) is 0 Å². The van der Waals surface area contributed by atoms with Gasteiger partial charge in [0.2, 0.25) is 5.91 Å². The van der Waals surface area contributed by atoms with E-state index < -0.39 is 24.1 Å². The number of amides is 2. The zero-order valence-corrected chi connectivity index (χ0v) is 15.3. The minimum atomic E-state index is -0.739. The lowest BCUT2D eigenvalue weighted by Crippen LogP contribution is -2.48. The summed E-state index contributed by atoms with van der Waals surface area (Å²) in [6.45, 7) is 3.86. The van der Waals surface area contributed by atoms with Crippen LogP contribution in [0.15, 0.2) is 60.7 Å². The largest absolute Gasteiger partial charge is 0.444 e. The lowest BCUT2D eigenvalue weighted by Gasteiger charge is -2.30. The molecule has 0 fully saturated rings. The SMILES string of the molecule is CCC(N)C(=O)N(C(=O)OCc1ccccc1)[C@@H](CC)c1ccccc1. The van der Waals surface area contributed by atoms with Gasteiger partial charge in [0.25, 0.3) is 0 Å². The predicted molar refractivity (Wildman–Crippen MR) is 101 cm³/mol. The molecule has 2 N–H and O–H groups in total. The highest BCUT2D eigenvalue weighted by Gasteiger charge is 2.33. The Morgan fingerprint density at radius 3 is 2.08 bits per heavy atom. The summed E-state index contributed by atoms with van der Waals surface area (Å²) in [7, 11) is 0. The van der Waals surface area contributed by atoms with Crippen molar-refractivity contribution in [3.8, 4) is 0 Å². The van der Waals surface area contributed by atoms with Gasteiger partial charge < -0.3 is 10.5 Å². The number of carbonyl (C=O) groups is 2. The number of carbonyl (C=O) groups excluding carboxylic acids is 2. The van der Waals surface area contributed by atoms with E-state index in [4.69, 9.17) is 10.5 Å². The maximum absolute atomic E-state index is 12.8. The van der Waals surface area contributed by atoms with Gasteiger partial charge in [-0.3, -0.25) is 4.79 Å². The molecule has 0 aliphatic carbocycles. The van der Waals surface area contributed by atoms with Crippen LogP contribution in [0.1, 0.15) is 43.9 Å². The normalized spacial score (nSPS) is 12.9. The van der Waals surface area contributed by atoms with Crippen molar-refractivity contribution in [3.63, 3.8) is 0 Å². The van der Waals surface area contributed by atoms with Gasteiger partial charge >= 0.3 is 6.09 Å². The molecule has 2 rings (SSSR count). The molecule has 0 saturated carbocycles. The molecule has 2 atom stereocenters. The van der Waals surface area contributed by atoms with Crippen LogP contribution >= 0.6 is 0 Å². The molecule has 2 aromatic rings. The van der Waals surface area contributed by atoms with Gasteiger partial charge in [0.05, 0.1) is 12.1 Å². The first-order chi connectivity index (χ1) is 12.6. The van der Waals surface area contributed by atoms with E-state index in [0.717, 1.165) is 11.1 Å². The van der Waals surface area contributed by atoms with Gasteiger partial charge in [0, 0.05) is 0 Å². The molecule has 0 radical (unpaired) electrons. The summed E-state index contributed by atoms with van der Waals surface area (Å²) in [5.74, 6) is -0.415. The minimum Gasteiger partial charge on any atom is -0.444 e. The molecule has 26 heavy (non-hydrogen) atoms. The van der Waals surface area contributed by atoms with Crippen molar-refractivity contribution in [3.05, 3.63) is 71.8 Å². The second-order valence-corrected chi connectivity index (χ2v) is 6.10. The number of ether oxygens (including phenoxy) is 1. The van der Waals surface area contributed by atoms with Crippen LogP contribution < -0.4 is 5.73 Å². The molecule has 0 bridgehead atoms. The average Bonchev–Trinajstić information content (AvgIpc) is 2.70. The van der Waals surface area contributed by atoms with Gasteiger partial charge in [0.15, 0.2) is 0 Å². The molecule has 0 saturated heterocycles. The molecule has 5 nitrogen and oxygen atoms in total. The van der Waals surface area contributed by atoms with Gasteiger partial charge in [-0.2, -0.15) is 0 Å². The van der Waals surface area contributed by atoms with Crippen molar-refractivity contribution in [1.82, 2.24) is 4.90 Å². The maximum Gasteiger partial charge on any atom is 0.417 e. The van der Waals surface area contributed by atoms with Crippen LogP contribution in [0.3, 0.4) is 0 Å². The molecule has 0 spiro atoms. The van der Waals surface area contributed by atoms with Crippen molar-refractivity contribution in [2.75, 3.05) is 0 Å². The summed E-state index contributed by atoms with van der Waals surface area (Å²) in [5.41, 5.74) is 7.67. The van der Waals surface area contributed by atoms with Gasteiger partial charge in [0.1, 0.15) is 6.61 Å². The monoisotopic (exact) mass is 354 g/mol. The van der Waals surface area contributed by atoms with Crippen molar-refractivity contribution < 1.29 is 14.3 Å². The van der Waals surface area contributed by atoms with Crippen LogP contribution in [0.4, 0.5) is 4.79 Å². The predicted octanol–water partition coefficient (Wildman–Crippen LogP) is 4.04. The topological polar surface area (TPSA) is 72.6 Å². The first-order valence-corrected chi connectivity index (χ1v) is 8.92. The Labute approximate surface area is 154 Å². The highest BCUT2D eigenvalue weighted by Crippen LogP contribution is 2.26. The highest BCUT2D eigenvalue weighted by molar-refractivity contribution is 5.95. The fourth-order valence-electron chi connectivity index (χ4n) is 2.76. The number of rotatable bonds is 7. The summed E-state index contributed by atoms with van der Waals surface area (Å²) >= 11 is 0. The summed E-state index contributed by atoms with van der Waals surface area (Å²) in [5, 5.41) is 0. The van der Waals surface area contributed by atoms with Gasteiger partial charge in [-0.25, -0.2) is 9.69 Å². The quantitative estimate of drug-likeness (QED) is 0.814. The average molecular weight is 354 g/mol. The van der Waals surface area contributed by atoms with Gasteiger partial charge in [-0.05, 0) is 24.0 Å². The van der Waals surface area contributed by atoms with Crippen LogP contribution in [0.5, 0.6) is 0 Å². The van der Waals surface area contributed by atoms with E-state index in [1.807, 2.05) is 74.5 Å². The first kappa shape index (κ1) is 19.7. The standard InChI is InChI=1S/C21H26N2O3/c1-3-18(22)20(24)23(19(4-2)17-13-9-6-10-14-17)21(25)26-15-16-11-7-5-8-12-16/h5-14,18-19H,3-4,15,22H2,1-2H3/t18?,19-/m0/s1. The summed E-state index contributed by atoms with van der Waals surface area (Å²) < 4.78 is 5.42. The zero-order valence-electron chi connectivity index (χ0n) is 15.3. The van der Waals surface area contributed by atoms with Crippen LogP contribution in [-0.2, 0) is 16.1 Å². The number of hydrogen-bond acceptors (Lipinski definition) is 4. The van der Waals surface area contributed by atoms with Crippen molar-refractivity contribution in [2.24, 2.45) is 5.73 Å². The molecule has 2 amide bonds. The van der Waals surface area contributed by atoms with Crippen molar-refractivity contribution in [2.45, 2.75) is 45.4 Å². The highest BCUT2D eigenvalue weighted by atomic mass is 16.6. The molecule has 0 heterocycles. The third-order valence-electron chi connectivity index (χ3n) is 4.28. The number of benzene rings is 2. The summed E-state index contributed by atoms with van der Waals surface area (Å²) in [4.78, 5) is 26.8. The molecule has 5 heteroatoms. The molecule has 0 aromatic heterocycles. The van der Waals surface area contributed by atoms with Gasteiger partial charge in [-0.1, -0.05) is 74.5 Å². The molecule has 0 aliphatic heterocycles. The van der Waals surface area contributed by atoms with Gasteiger partial charge in [-0.15, -0.1) is 0 Å². The fraction of sp³-hybridized carbons (Fsp3) is 0.333. The van der Waals surface area contributed by atoms with Crippen molar-refractivity contribution >= 4 is 12.0 Å². The first-order valence-electron chi connectivity index (χ1n) is 8.92. The summed E-state index contributed by atoms with van der Waals surface area (Å²) in [6, 6.07) is 17.7. The second-order valence-electron chi connectivity index (χ2n) is 6.10. The van der Waals surface area contributed by atoms with E-state index in [9.17, 15) is 9.59 Å². The Hall–Kier alpha value is -2.66. The maximum atomic E-state index is 12.8. The van der Waals surface area contributed by atoms with E-state index in [1.54, 1.807) is 0 Å². The Kier molecular flexibility index (Phi) is 7.36. The number of imide groups is 1. The van der Waals surface area contributed by atoms with Crippen LogP contribution in [0.2, 0.25) is 0 Å². The zero-order chi connectivity index (χ0) is 18.9. The van der Waals surface area contributed by atoms with E-state index >= 15 is 0 Å². The Morgan fingerprint density at radius 1 is 0.962 bits per heavy atom. The third kappa shape index (κ3) is 4.92. The van der Waals surface area contributed by atoms with Crippen molar-refractivity contribution in [1.29, 1.82) is 0 Å². The number of nitrogens with two attached hydrogens (primary N) is 1. The molecule has 138 valence electrons. The van der Waals surface area contributed by atoms with E-state index in [0.29, 0.717) is 12.8 Å². The molecule has 2 aromatic carbocycles.